The smallest absolute Gasteiger partial charge is 0.0645 e. The Kier molecular flexibility index (Phi) is 4.12. The van der Waals surface area contributed by atoms with E-state index in [1.54, 1.807) is 0 Å². The van der Waals surface area contributed by atoms with E-state index in [4.69, 9.17) is 11.6 Å². The lowest BCUT2D eigenvalue weighted by Gasteiger charge is -2.09. The number of benzene rings is 2. The van der Waals surface area contributed by atoms with Crippen LogP contribution < -0.4 is 0 Å². The molecular formula is C19H17ClN2. The number of nitrogens with zero attached hydrogens (tertiary/aromatic N) is 2. The van der Waals surface area contributed by atoms with Crippen molar-refractivity contribution in [1.82, 2.24) is 4.57 Å². The molecule has 2 nitrogen and oxygen atoms in total. The van der Waals surface area contributed by atoms with Gasteiger partial charge in [0.15, 0.2) is 0 Å². The molecule has 0 fully saturated rings. The van der Waals surface area contributed by atoms with Gasteiger partial charge >= 0.3 is 0 Å². The topological polar surface area (TPSA) is 17.3 Å². The number of aryl methyl sites for hydroxylation is 2. The second kappa shape index (κ2) is 6.20. The van der Waals surface area contributed by atoms with Gasteiger partial charge in [-0.25, -0.2) is 0 Å². The van der Waals surface area contributed by atoms with Crippen LogP contribution in [0.25, 0.3) is 5.69 Å². The minimum absolute atomic E-state index is 0.740. The van der Waals surface area contributed by atoms with E-state index in [0.29, 0.717) is 0 Å². The predicted molar refractivity (Wildman–Crippen MR) is 93.9 cm³/mol. The lowest BCUT2D eigenvalue weighted by molar-refractivity contribution is 1.01. The number of para-hydroxylation sites is 1. The molecule has 1 heterocycles. The molecule has 22 heavy (non-hydrogen) atoms. The van der Waals surface area contributed by atoms with Crippen LogP contribution in [0.4, 0.5) is 5.69 Å². The van der Waals surface area contributed by atoms with Crippen LogP contribution in [-0.2, 0) is 0 Å². The third-order valence-corrected chi connectivity index (χ3v) is 4.03. The highest BCUT2D eigenvalue weighted by Crippen LogP contribution is 2.22. The van der Waals surface area contributed by atoms with Gasteiger partial charge in [0.25, 0.3) is 0 Å². The summed E-state index contributed by atoms with van der Waals surface area (Å²) in [6, 6.07) is 20.3. The maximum atomic E-state index is 6.15. The molecule has 0 amide bonds. The standard InChI is InChI=1S/C19H17ClN2/c1-14-8-10-16(12-19(14)20)21-13-18-11-9-15(2)22(18)17-6-4-3-5-7-17/h3-13H,1-2H3. The van der Waals surface area contributed by atoms with Crippen LogP contribution in [0.5, 0.6) is 0 Å². The summed E-state index contributed by atoms with van der Waals surface area (Å²) in [5.41, 5.74) is 5.27. The molecule has 0 bridgehead atoms. The quantitative estimate of drug-likeness (QED) is 0.569. The summed E-state index contributed by atoms with van der Waals surface area (Å²) in [5.74, 6) is 0. The van der Waals surface area contributed by atoms with E-state index in [2.05, 4.69) is 40.7 Å². The second-order valence-electron chi connectivity index (χ2n) is 5.26. The van der Waals surface area contributed by atoms with Crippen molar-refractivity contribution < 1.29 is 0 Å². The number of halogens is 1. The van der Waals surface area contributed by atoms with Crippen LogP contribution in [0.2, 0.25) is 5.02 Å². The van der Waals surface area contributed by atoms with Gasteiger partial charge in [-0.1, -0.05) is 35.9 Å². The molecule has 0 saturated heterocycles. The molecule has 0 atom stereocenters. The van der Waals surface area contributed by atoms with E-state index in [1.165, 1.54) is 5.69 Å². The first-order valence-electron chi connectivity index (χ1n) is 7.19. The van der Waals surface area contributed by atoms with E-state index in [0.717, 1.165) is 27.7 Å². The van der Waals surface area contributed by atoms with Gasteiger partial charge in [-0.3, -0.25) is 4.99 Å². The molecule has 0 radical (unpaired) electrons. The Hall–Kier alpha value is -2.32. The normalized spacial score (nSPS) is 11.2. The first-order chi connectivity index (χ1) is 10.6. The third kappa shape index (κ3) is 2.97. The SMILES string of the molecule is Cc1ccc(N=Cc2ccc(C)n2-c2ccccc2)cc1Cl. The molecule has 0 spiro atoms. The van der Waals surface area contributed by atoms with E-state index in [-0.39, 0.29) is 0 Å². The molecule has 0 unspecified atom stereocenters. The molecule has 0 aliphatic rings. The highest BCUT2D eigenvalue weighted by Gasteiger charge is 2.05. The van der Waals surface area contributed by atoms with Crippen molar-refractivity contribution >= 4 is 23.5 Å². The van der Waals surface area contributed by atoms with Crippen LogP contribution in [0.15, 0.2) is 65.7 Å². The maximum absolute atomic E-state index is 6.15. The Morgan fingerprint density at radius 1 is 0.955 bits per heavy atom. The number of rotatable bonds is 3. The molecule has 0 aliphatic carbocycles. The zero-order valence-electron chi connectivity index (χ0n) is 12.6. The van der Waals surface area contributed by atoms with E-state index >= 15 is 0 Å². The van der Waals surface area contributed by atoms with Crippen molar-refractivity contribution in [2.75, 3.05) is 0 Å². The van der Waals surface area contributed by atoms with E-state index in [1.807, 2.05) is 49.5 Å². The molecule has 2 aromatic carbocycles. The van der Waals surface area contributed by atoms with Crippen molar-refractivity contribution in [3.63, 3.8) is 0 Å². The fourth-order valence-electron chi connectivity index (χ4n) is 2.39. The van der Waals surface area contributed by atoms with Crippen LogP contribution in [0.3, 0.4) is 0 Å². The molecule has 3 heteroatoms. The molecular weight excluding hydrogens is 292 g/mol. The van der Waals surface area contributed by atoms with Crippen LogP contribution in [0.1, 0.15) is 17.0 Å². The van der Waals surface area contributed by atoms with Gasteiger partial charge in [-0.15, -0.1) is 0 Å². The molecule has 3 aromatic rings. The number of aromatic nitrogens is 1. The third-order valence-electron chi connectivity index (χ3n) is 3.62. The summed E-state index contributed by atoms with van der Waals surface area (Å²) in [6.45, 7) is 4.08. The van der Waals surface area contributed by atoms with Crippen LogP contribution >= 0.6 is 11.6 Å². The van der Waals surface area contributed by atoms with Crippen molar-refractivity contribution in [1.29, 1.82) is 0 Å². The first kappa shape index (κ1) is 14.6. The lowest BCUT2D eigenvalue weighted by Crippen LogP contribution is -2.00. The van der Waals surface area contributed by atoms with Gasteiger partial charge in [0.1, 0.15) is 0 Å². The first-order valence-corrected chi connectivity index (χ1v) is 7.57. The minimum Gasteiger partial charge on any atom is -0.313 e. The zero-order valence-corrected chi connectivity index (χ0v) is 13.4. The van der Waals surface area contributed by atoms with Crippen molar-refractivity contribution in [3.05, 3.63) is 82.6 Å². The number of hydrogen-bond acceptors (Lipinski definition) is 1. The van der Waals surface area contributed by atoms with E-state index in [9.17, 15) is 0 Å². The van der Waals surface area contributed by atoms with Gasteiger partial charge in [0.05, 0.1) is 17.6 Å². The summed E-state index contributed by atoms with van der Waals surface area (Å²) in [6.07, 6.45) is 1.88. The largest absolute Gasteiger partial charge is 0.313 e. The predicted octanol–water partition coefficient (Wildman–Crippen LogP) is 5.50. The molecule has 3 rings (SSSR count). The highest BCUT2D eigenvalue weighted by atomic mass is 35.5. The van der Waals surface area contributed by atoms with Crippen LogP contribution in [0, 0.1) is 13.8 Å². The monoisotopic (exact) mass is 308 g/mol. The van der Waals surface area contributed by atoms with Gasteiger partial charge in [-0.2, -0.15) is 0 Å². The second-order valence-corrected chi connectivity index (χ2v) is 5.67. The number of aliphatic imine (C=N–C) groups is 1. The Balaban J connectivity index is 1.96. The number of hydrogen-bond donors (Lipinski definition) is 0. The molecule has 0 N–H and O–H groups in total. The summed E-state index contributed by atoms with van der Waals surface area (Å²) in [7, 11) is 0. The Labute approximate surface area is 135 Å². The highest BCUT2D eigenvalue weighted by molar-refractivity contribution is 6.31. The maximum Gasteiger partial charge on any atom is 0.0645 e. The van der Waals surface area contributed by atoms with Gasteiger partial charge in [0, 0.05) is 16.4 Å². The van der Waals surface area contributed by atoms with Crippen molar-refractivity contribution in [3.8, 4) is 5.69 Å². The van der Waals surface area contributed by atoms with Gasteiger partial charge < -0.3 is 4.57 Å². The van der Waals surface area contributed by atoms with Gasteiger partial charge in [0.2, 0.25) is 0 Å². The fraction of sp³-hybridized carbons (Fsp3) is 0.105. The lowest BCUT2D eigenvalue weighted by atomic mass is 10.2. The van der Waals surface area contributed by atoms with Crippen LogP contribution in [-0.4, -0.2) is 10.8 Å². The molecule has 0 aliphatic heterocycles. The Morgan fingerprint density at radius 3 is 2.45 bits per heavy atom. The summed E-state index contributed by atoms with van der Waals surface area (Å²) < 4.78 is 2.18. The van der Waals surface area contributed by atoms with Crippen molar-refractivity contribution in [2.24, 2.45) is 4.99 Å². The summed E-state index contributed by atoms with van der Waals surface area (Å²) in [4.78, 5) is 4.55. The average Bonchev–Trinajstić information content (AvgIpc) is 2.90. The van der Waals surface area contributed by atoms with Gasteiger partial charge in [-0.05, 0) is 55.8 Å². The van der Waals surface area contributed by atoms with Crippen molar-refractivity contribution in [2.45, 2.75) is 13.8 Å². The molecule has 110 valence electrons. The zero-order chi connectivity index (χ0) is 15.5. The molecule has 1 aromatic heterocycles. The Bertz CT molecular complexity index is 817. The Morgan fingerprint density at radius 2 is 1.73 bits per heavy atom. The summed E-state index contributed by atoms with van der Waals surface area (Å²) in [5, 5.41) is 0.740. The molecule has 0 saturated carbocycles. The fourth-order valence-corrected chi connectivity index (χ4v) is 2.57. The minimum atomic E-state index is 0.740. The average molecular weight is 309 g/mol. The van der Waals surface area contributed by atoms with E-state index < -0.39 is 0 Å². The summed E-state index contributed by atoms with van der Waals surface area (Å²) >= 11 is 6.15.